The first-order chi connectivity index (χ1) is 18.1. The van der Waals surface area contributed by atoms with Gasteiger partial charge in [-0.05, 0) is 93.0 Å². The number of sulfonamides is 1. The Morgan fingerprint density at radius 3 is 2.55 bits per heavy atom. The second kappa shape index (κ2) is 9.72. The number of carbonyl (C=O) groups is 1. The summed E-state index contributed by atoms with van der Waals surface area (Å²) >= 11 is 1.61. The number of hydrogen-bond donors (Lipinski definition) is 0. The van der Waals surface area contributed by atoms with Gasteiger partial charge in [-0.2, -0.15) is 4.31 Å². The maximum Gasteiger partial charge on any atom is 0.244 e. The SMILES string of the molecule is Cc1ccc(S(=O)(=O)N2[C@@H]3CC[C@@H](C3)[C@H]2C(=O)N(Cc2ccc3scnc3c2)C2CCC(C)(C)CC2)cc1. The largest absolute Gasteiger partial charge is 0.334 e. The lowest BCUT2D eigenvalue weighted by atomic mass is 9.75. The molecule has 3 aromatic rings. The molecule has 2 saturated carbocycles. The van der Waals surface area contributed by atoms with Crippen LogP contribution in [0.4, 0.5) is 0 Å². The maximum atomic E-state index is 14.6. The van der Waals surface area contributed by atoms with Gasteiger partial charge < -0.3 is 4.90 Å². The van der Waals surface area contributed by atoms with E-state index in [4.69, 9.17) is 0 Å². The molecule has 1 aliphatic heterocycles. The number of aryl methyl sites for hydroxylation is 1. The summed E-state index contributed by atoms with van der Waals surface area (Å²) in [5.74, 6) is 0.0623. The average molecular weight is 552 g/mol. The van der Waals surface area contributed by atoms with Crippen LogP contribution < -0.4 is 0 Å². The number of aromatic nitrogens is 1. The van der Waals surface area contributed by atoms with Crippen LogP contribution in [0.15, 0.2) is 52.9 Å². The molecular weight excluding hydrogens is 514 g/mol. The molecule has 0 N–H and O–H groups in total. The predicted octanol–water partition coefficient (Wildman–Crippen LogP) is 6.14. The summed E-state index contributed by atoms with van der Waals surface area (Å²) in [6.45, 7) is 7.05. The first-order valence-electron chi connectivity index (χ1n) is 13.9. The van der Waals surface area contributed by atoms with Gasteiger partial charge in [0.25, 0.3) is 0 Å². The number of nitrogens with zero attached hydrogens (tertiary/aromatic N) is 3. The minimum absolute atomic E-state index is 0.0176. The smallest absolute Gasteiger partial charge is 0.244 e. The third-order valence-corrected chi connectivity index (χ3v) is 11.9. The maximum absolute atomic E-state index is 14.6. The van der Waals surface area contributed by atoms with E-state index in [1.165, 1.54) is 0 Å². The van der Waals surface area contributed by atoms with Crippen molar-refractivity contribution < 1.29 is 13.2 Å². The summed E-state index contributed by atoms with van der Waals surface area (Å²) in [5.41, 5.74) is 5.15. The van der Waals surface area contributed by atoms with Crippen molar-refractivity contribution in [2.45, 2.75) is 95.3 Å². The normalized spacial score (nSPS) is 25.7. The van der Waals surface area contributed by atoms with Crippen molar-refractivity contribution >= 4 is 37.5 Å². The summed E-state index contributed by atoms with van der Waals surface area (Å²) in [7, 11) is -3.78. The zero-order valence-electron chi connectivity index (χ0n) is 22.5. The van der Waals surface area contributed by atoms with Crippen LogP contribution in [0.25, 0.3) is 10.2 Å². The van der Waals surface area contributed by atoms with Crippen LogP contribution in [0.5, 0.6) is 0 Å². The Balaban J connectivity index is 1.35. The third kappa shape index (κ3) is 4.69. The molecule has 6 rings (SSSR count). The van der Waals surface area contributed by atoms with Crippen molar-refractivity contribution in [2.24, 2.45) is 11.3 Å². The van der Waals surface area contributed by atoms with Crippen molar-refractivity contribution in [3.8, 4) is 0 Å². The third-order valence-electron chi connectivity index (χ3n) is 9.16. The molecule has 1 amide bonds. The number of rotatable bonds is 6. The Morgan fingerprint density at radius 1 is 1.08 bits per heavy atom. The second-order valence-electron chi connectivity index (χ2n) is 12.3. The van der Waals surface area contributed by atoms with Crippen LogP contribution in [0, 0.1) is 18.3 Å². The molecule has 202 valence electrons. The van der Waals surface area contributed by atoms with Gasteiger partial charge in [0, 0.05) is 18.6 Å². The van der Waals surface area contributed by atoms with E-state index in [1.807, 2.05) is 29.5 Å². The fourth-order valence-corrected chi connectivity index (χ4v) is 9.41. The number of hydrogen-bond acceptors (Lipinski definition) is 5. The minimum Gasteiger partial charge on any atom is -0.334 e. The van der Waals surface area contributed by atoms with Gasteiger partial charge in [-0.3, -0.25) is 4.79 Å². The Labute approximate surface area is 230 Å². The summed E-state index contributed by atoms with van der Waals surface area (Å²) in [6.07, 6.45) is 6.54. The molecule has 1 aromatic heterocycles. The van der Waals surface area contributed by atoms with Crippen LogP contribution in [0.2, 0.25) is 0 Å². The van der Waals surface area contributed by atoms with Crippen LogP contribution >= 0.6 is 11.3 Å². The Bertz CT molecular complexity index is 1440. The van der Waals surface area contributed by atoms with Gasteiger partial charge in [0.15, 0.2) is 0 Å². The van der Waals surface area contributed by atoms with E-state index in [2.05, 4.69) is 37.0 Å². The van der Waals surface area contributed by atoms with Crippen LogP contribution in [-0.4, -0.2) is 46.6 Å². The molecule has 8 heteroatoms. The lowest BCUT2D eigenvalue weighted by Gasteiger charge is -2.43. The Hall–Kier alpha value is -2.29. The number of carbonyl (C=O) groups excluding carboxylic acids is 1. The molecule has 1 saturated heterocycles. The molecule has 3 aliphatic rings. The lowest BCUT2D eigenvalue weighted by Crippen LogP contribution is -2.56. The monoisotopic (exact) mass is 551 g/mol. The fraction of sp³-hybridized carbons (Fsp3) is 0.533. The van der Waals surface area contributed by atoms with E-state index < -0.39 is 16.1 Å². The quantitative estimate of drug-likeness (QED) is 0.369. The predicted molar refractivity (Wildman–Crippen MR) is 151 cm³/mol. The molecule has 0 unspecified atom stereocenters. The fourth-order valence-electron chi connectivity index (χ4n) is 6.88. The van der Waals surface area contributed by atoms with Gasteiger partial charge in [0.1, 0.15) is 6.04 Å². The first kappa shape index (κ1) is 26.0. The molecule has 2 aliphatic carbocycles. The van der Waals surface area contributed by atoms with Crippen molar-refractivity contribution in [3.05, 3.63) is 59.1 Å². The average Bonchev–Trinajstić information content (AvgIpc) is 3.63. The molecule has 3 atom stereocenters. The minimum atomic E-state index is -3.78. The van der Waals surface area contributed by atoms with E-state index in [9.17, 15) is 13.2 Å². The van der Waals surface area contributed by atoms with Gasteiger partial charge in [-0.25, -0.2) is 13.4 Å². The molecule has 2 bridgehead atoms. The standard InChI is InChI=1S/C30H37N3O3S2/c1-20-4-9-25(10-5-20)38(35,36)33-24-8-7-22(17-24)28(33)29(34)32(23-12-14-30(2,3)15-13-23)18-21-6-11-27-26(16-21)31-19-37-27/h4-6,9-11,16,19,22-24,28H,7-8,12-15,17-18H2,1-3H3/t22-,24+,28-/m0/s1. The van der Waals surface area contributed by atoms with Gasteiger partial charge in [-0.15, -0.1) is 11.3 Å². The van der Waals surface area contributed by atoms with E-state index in [1.54, 1.807) is 27.8 Å². The summed E-state index contributed by atoms with van der Waals surface area (Å²) in [4.78, 5) is 21.4. The zero-order chi connectivity index (χ0) is 26.7. The molecule has 0 radical (unpaired) electrons. The number of amides is 1. The number of piperidine rings is 1. The molecule has 2 heterocycles. The van der Waals surface area contributed by atoms with Crippen LogP contribution in [0.1, 0.15) is 69.9 Å². The zero-order valence-corrected chi connectivity index (χ0v) is 24.1. The Morgan fingerprint density at radius 2 is 1.82 bits per heavy atom. The lowest BCUT2D eigenvalue weighted by molar-refractivity contribution is -0.141. The molecule has 2 aromatic carbocycles. The Kier molecular flexibility index (Phi) is 6.64. The highest BCUT2D eigenvalue weighted by molar-refractivity contribution is 7.89. The number of benzene rings is 2. The van der Waals surface area contributed by atoms with Gasteiger partial charge in [0.05, 0.1) is 20.6 Å². The summed E-state index contributed by atoms with van der Waals surface area (Å²) in [6, 6.07) is 12.7. The topological polar surface area (TPSA) is 70.6 Å². The van der Waals surface area contributed by atoms with Gasteiger partial charge >= 0.3 is 0 Å². The van der Waals surface area contributed by atoms with E-state index >= 15 is 0 Å². The van der Waals surface area contributed by atoms with E-state index in [0.717, 1.165) is 66.3 Å². The molecular formula is C30H37N3O3S2. The summed E-state index contributed by atoms with van der Waals surface area (Å²) in [5, 5.41) is 0. The van der Waals surface area contributed by atoms with Gasteiger partial charge in [0.2, 0.25) is 15.9 Å². The van der Waals surface area contributed by atoms with Gasteiger partial charge in [-0.1, -0.05) is 37.6 Å². The highest BCUT2D eigenvalue weighted by Gasteiger charge is 2.55. The van der Waals surface area contributed by atoms with E-state index in [-0.39, 0.29) is 34.2 Å². The van der Waals surface area contributed by atoms with Crippen molar-refractivity contribution in [1.82, 2.24) is 14.2 Å². The number of thiazole rings is 1. The van der Waals surface area contributed by atoms with Crippen molar-refractivity contribution in [3.63, 3.8) is 0 Å². The van der Waals surface area contributed by atoms with Crippen molar-refractivity contribution in [1.29, 1.82) is 0 Å². The molecule has 6 nitrogen and oxygen atoms in total. The molecule has 38 heavy (non-hydrogen) atoms. The van der Waals surface area contributed by atoms with Crippen molar-refractivity contribution in [2.75, 3.05) is 0 Å². The summed E-state index contributed by atoms with van der Waals surface area (Å²) < 4.78 is 30.6. The highest BCUT2D eigenvalue weighted by Crippen LogP contribution is 2.47. The second-order valence-corrected chi connectivity index (χ2v) is 15.1. The number of fused-ring (bicyclic) bond motifs is 3. The molecule has 3 fully saturated rings. The molecule has 0 spiro atoms. The first-order valence-corrected chi connectivity index (χ1v) is 16.2. The highest BCUT2D eigenvalue weighted by atomic mass is 32.2. The van der Waals surface area contributed by atoms with Crippen LogP contribution in [0.3, 0.4) is 0 Å². The van der Waals surface area contributed by atoms with E-state index in [0.29, 0.717) is 6.54 Å². The van der Waals surface area contributed by atoms with Crippen LogP contribution in [-0.2, 0) is 21.4 Å².